The number of anilines is 1. The van der Waals surface area contributed by atoms with Crippen molar-refractivity contribution in [3.05, 3.63) is 53.6 Å². The number of aromatic nitrogens is 2. The molecule has 0 aliphatic carbocycles. The average molecular weight is 302 g/mol. The van der Waals surface area contributed by atoms with E-state index < -0.39 is 0 Å². The molecule has 0 saturated heterocycles. The van der Waals surface area contributed by atoms with E-state index in [4.69, 9.17) is 0 Å². The van der Waals surface area contributed by atoms with Gasteiger partial charge in [-0.25, -0.2) is 14.4 Å². The second-order valence-electron chi connectivity index (χ2n) is 5.15. The van der Waals surface area contributed by atoms with Gasteiger partial charge in [-0.1, -0.05) is 12.1 Å². The maximum absolute atomic E-state index is 12.8. The number of aryl methyl sites for hydroxylation is 1. The van der Waals surface area contributed by atoms with Gasteiger partial charge in [0.1, 0.15) is 5.82 Å². The summed E-state index contributed by atoms with van der Waals surface area (Å²) in [6.45, 7) is 0.547. The second kappa shape index (κ2) is 7.49. The van der Waals surface area contributed by atoms with Gasteiger partial charge in [0.2, 0.25) is 5.95 Å². The van der Waals surface area contributed by atoms with Crippen LogP contribution in [-0.2, 0) is 6.42 Å². The fourth-order valence-electron chi connectivity index (χ4n) is 1.92. The van der Waals surface area contributed by atoms with E-state index in [1.165, 1.54) is 24.5 Å². The minimum absolute atomic E-state index is 0.190. The number of hydrogen-bond donors (Lipinski definition) is 1. The van der Waals surface area contributed by atoms with Crippen molar-refractivity contribution in [1.29, 1.82) is 0 Å². The first-order valence-corrected chi connectivity index (χ1v) is 7.08. The molecule has 1 aromatic heterocycles. The largest absolute Gasteiger partial charge is 0.352 e. The zero-order valence-electron chi connectivity index (χ0n) is 12.7. The maximum atomic E-state index is 12.8. The molecule has 0 atom stereocenters. The Bertz CT molecular complexity index is 611. The number of amides is 1. The molecule has 0 aliphatic heterocycles. The summed E-state index contributed by atoms with van der Waals surface area (Å²) >= 11 is 0. The van der Waals surface area contributed by atoms with Crippen LogP contribution in [0.15, 0.2) is 36.7 Å². The molecule has 2 rings (SSSR count). The average Bonchev–Trinajstić information content (AvgIpc) is 2.53. The van der Waals surface area contributed by atoms with Gasteiger partial charge >= 0.3 is 0 Å². The molecule has 0 bridgehead atoms. The Kier molecular flexibility index (Phi) is 5.41. The van der Waals surface area contributed by atoms with Crippen LogP contribution in [0.3, 0.4) is 0 Å². The van der Waals surface area contributed by atoms with Gasteiger partial charge in [-0.3, -0.25) is 4.79 Å². The Morgan fingerprint density at radius 3 is 2.41 bits per heavy atom. The van der Waals surface area contributed by atoms with Crippen LogP contribution in [0.5, 0.6) is 0 Å². The van der Waals surface area contributed by atoms with E-state index in [1.54, 1.807) is 17.0 Å². The van der Waals surface area contributed by atoms with Crippen LogP contribution in [0.1, 0.15) is 22.3 Å². The normalized spacial score (nSPS) is 10.3. The topological polar surface area (TPSA) is 58.1 Å². The van der Waals surface area contributed by atoms with Crippen LogP contribution >= 0.6 is 0 Å². The molecule has 0 radical (unpaired) electrons. The predicted octanol–water partition coefficient (Wildman–Crippen LogP) is 2.04. The van der Waals surface area contributed by atoms with Crippen LogP contribution in [-0.4, -0.2) is 36.5 Å². The third kappa shape index (κ3) is 4.51. The molecule has 2 aromatic rings. The van der Waals surface area contributed by atoms with Crippen molar-refractivity contribution in [1.82, 2.24) is 15.3 Å². The number of nitrogens with one attached hydrogen (secondary N) is 1. The number of carbonyl (C=O) groups is 1. The van der Waals surface area contributed by atoms with Crippen molar-refractivity contribution < 1.29 is 9.18 Å². The van der Waals surface area contributed by atoms with Crippen LogP contribution in [0.4, 0.5) is 10.3 Å². The third-order valence-corrected chi connectivity index (χ3v) is 3.14. The van der Waals surface area contributed by atoms with Crippen molar-refractivity contribution >= 4 is 11.9 Å². The lowest BCUT2D eigenvalue weighted by atomic mass is 10.1. The summed E-state index contributed by atoms with van der Waals surface area (Å²) in [7, 11) is 3.68. The molecule has 1 heterocycles. The number of benzene rings is 1. The monoisotopic (exact) mass is 302 g/mol. The third-order valence-electron chi connectivity index (χ3n) is 3.14. The Morgan fingerprint density at radius 1 is 1.18 bits per heavy atom. The van der Waals surface area contributed by atoms with Crippen LogP contribution < -0.4 is 10.2 Å². The Labute approximate surface area is 129 Å². The molecule has 5 nitrogen and oxygen atoms in total. The SMILES string of the molecule is CN(C)c1ncc(C(=O)NCCCc2ccc(F)cc2)cn1. The highest BCUT2D eigenvalue weighted by Gasteiger charge is 2.07. The first kappa shape index (κ1) is 15.9. The smallest absolute Gasteiger partial charge is 0.254 e. The maximum Gasteiger partial charge on any atom is 0.254 e. The molecule has 1 amide bonds. The van der Waals surface area contributed by atoms with Crippen molar-refractivity contribution in [2.75, 3.05) is 25.5 Å². The minimum Gasteiger partial charge on any atom is -0.352 e. The molecular formula is C16H19FN4O. The minimum atomic E-state index is -0.238. The summed E-state index contributed by atoms with van der Waals surface area (Å²) < 4.78 is 12.8. The molecule has 0 spiro atoms. The van der Waals surface area contributed by atoms with Crippen LogP contribution in [0, 0.1) is 5.82 Å². The fourth-order valence-corrected chi connectivity index (χ4v) is 1.92. The van der Waals surface area contributed by atoms with Gasteiger partial charge in [-0.2, -0.15) is 0 Å². The van der Waals surface area contributed by atoms with Gasteiger partial charge in [0, 0.05) is 33.0 Å². The first-order valence-electron chi connectivity index (χ1n) is 7.08. The van der Waals surface area contributed by atoms with E-state index in [1.807, 2.05) is 14.1 Å². The molecule has 22 heavy (non-hydrogen) atoms. The molecule has 0 saturated carbocycles. The van der Waals surface area contributed by atoms with Gasteiger partial charge in [0.15, 0.2) is 0 Å². The predicted molar refractivity (Wildman–Crippen MR) is 83.4 cm³/mol. The van der Waals surface area contributed by atoms with E-state index in [0.29, 0.717) is 18.1 Å². The van der Waals surface area contributed by atoms with Crippen molar-refractivity contribution in [3.63, 3.8) is 0 Å². The highest BCUT2D eigenvalue weighted by molar-refractivity contribution is 5.93. The molecule has 0 unspecified atom stereocenters. The summed E-state index contributed by atoms with van der Waals surface area (Å²) in [6, 6.07) is 6.39. The molecular weight excluding hydrogens is 283 g/mol. The van der Waals surface area contributed by atoms with Gasteiger partial charge < -0.3 is 10.2 Å². The van der Waals surface area contributed by atoms with Crippen molar-refractivity contribution in [2.24, 2.45) is 0 Å². The lowest BCUT2D eigenvalue weighted by Gasteiger charge is -2.10. The van der Waals surface area contributed by atoms with Crippen molar-refractivity contribution in [3.8, 4) is 0 Å². The zero-order valence-corrected chi connectivity index (χ0v) is 12.7. The number of rotatable bonds is 6. The summed E-state index contributed by atoms with van der Waals surface area (Å²) in [5.41, 5.74) is 1.49. The zero-order chi connectivity index (χ0) is 15.9. The number of halogens is 1. The van der Waals surface area contributed by atoms with E-state index >= 15 is 0 Å². The van der Waals surface area contributed by atoms with E-state index in [2.05, 4.69) is 15.3 Å². The molecule has 0 fully saturated rings. The van der Waals surface area contributed by atoms with E-state index in [9.17, 15) is 9.18 Å². The van der Waals surface area contributed by atoms with Gasteiger partial charge in [0.05, 0.1) is 5.56 Å². The first-order chi connectivity index (χ1) is 10.6. The number of nitrogens with zero attached hydrogens (tertiary/aromatic N) is 3. The standard InChI is InChI=1S/C16H19FN4O/c1-21(2)16-19-10-13(11-20-16)15(22)18-9-3-4-12-5-7-14(17)8-6-12/h5-8,10-11H,3-4,9H2,1-2H3,(H,18,22). The van der Waals surface area contributed by atoms with Crippen LogP contribution in [0.25, 0.3) is 0 Å². The molecule has 0 aliphatic rings. The molecule has 116 valence electrons. The molecule has 1 N–H and O–H groups in total. The van der Waals surface area contributed by atoms with E-state index in [0.717, 1.165) is 18.4 Å². The number of carbonyl (C=O) groups excluding carboxylic acids is 1. The highest BCUT2D eigenvalue weighted by atomic mass is 19.1. The van der Waals surface area contributed by atoms with Crippen LogP contribution in [0.2, 0.25) is 0 Å². The van der Waals surface area contributed by atoms with Gasteiger partial charge in [-0.05, 0) is 30.5 Å². The Morgan fingerprint density at radius 2 is 1.82 bits per heavy atom. The second-order valence-corrected chi connectivity index (χ2v) is 5.15. The molecule has 6 heteroatoms. The van der Waals surface area contributed by atoms with Crippen molar-refractivity contribution in [2.45, 2.75) is 12.8 Å². The fraction of sp³-hybridized carbons (Fsp3) is 0.312. The lowest BCUT2D eigenvalue weighted by Crippen LogP contribution is -2.25. The van der Waals surface area contributed by atoms with E-state index in [-0.39, 0.29) is 11.7 Å². The Balaban J connectivity index is 1.76. The van der Waals surface area contributed by atoms with Gasteiger partial charge in [-0.15, -0.1) is 0 Å². The summed E-state index contributed by atoms with van der Waals surface area (Å²) in [5, 5.41) is 2.82. The quantitative estimate of drug-likeness (QED) is 0.830. The Hall–Kier alpha value is -2.50. The molecule has 1 aromatic carbocycles. The summed E-state index contributed by atoms with van der Waals surface area (Å²) in [6.07, 6.45) is 4.60. The highest BCUT2D eigenvalue weighted by Crippen LogP contribution is 2.06. The lowest BCUT2D eigenvalue weighted by molar-refractivity contribution is 0.0952. The summed E-state index contributed by atoms with van der Waals surface area (Å²) in [5.74, 6) is 0.135. The summed E-state index contributed by atoms with van der Waals surface area (Å²) in [4.78, 5) is 21.9. The number of hydrogen-bond acceptors (Lipinski definition) is 4. The van der Waals surface area contributed by atoms with Gasteiger partial charge in [0.25, 0.3) is 5.91 Å².